The lowest BCUT2D eigenvalue weighted by Gasteiger charge is -2.31. The van der Waals surface area contributed by atoms with Crippen LogP contribution < -0.4 is 15.0 Å². The van der Waals surface area contributed by atoms with Crippen LogP contribution in [0.1, 0.15) is 29.7 Å². The Morgan fingerprint density at radius 2 is 1.69 bits per heavy atom. The maximum atomic E-state index is 14.0. The minimum atomic E-state index is -4.99. The third-order valence-electron chi connectivity index (χ3n) is 7.72. The molecular formula is C29H24F3N3O7. The lowest BCUT2D eigenvalue weighted by molar-refractivity contribution is -0.384. The molecule has 42 heavy (non-hydrogen) atoms. The summed E-state index contributed by atoms with van der Waals surface area (Å²) in [4.78, 5) is 52.3. The second-order valence-corrected chi connectivity index (χ2v) is 10.2. The number of benzene rings is 3. The van der Waals surface area contributed by atoms with E-state index in [0.29, 0.717) is 12.0 Å². The number of carboxylic acid groups (broad SMARTS) is 1. The second-order valence-electron chi connectivity index (χ2n) is 10.2. The van der Waals surface area contributed by atoms with Gasteiger partial charge < -0.3 is 9.84 Å². The molecule has 0 bridgehead atoms. The minimum absolute atomic E-state index is 0.114. The molecule has 5 rings (SSSR count). The number of hydrogen-bond acceptors (Lipinski definition) is 7. The third-order valence-corrected chi connectivity index (χ3v) is 7.72. The summed E-state index contributed by atoms with van der Waals surface area (Å²) >= 11 is 0. The molecule has 0 saturated carbocycles. The number of hydrogen-bond donors (Lipinski definition) is 2. The van der Waals surface area contributed by atoms with Crippen LogP contribution in [0.15, 0.2) is 72.8 Å². The Balaban J connectivity index is 1.62. The van der Waals surface area contributed by atoms with Crippen LogP contribution in [-0.4, -0.2) is 39.7 Å². The number of aliphatic carboxylic acids is 1. The summed E-state index contributed by atoms with van der Waals surface area (Å²) in [5.41, 5.74) is -0.695. The Kier molecular flexibility index (Phi) is 7.23. The molecule has 218 valence electrons. The molecule has 0 radical (unpaired) electrons. The van der Waals surface area contributed by atoms with E-state index in [1.807, 2.05) is 6.92 Å². The van der Waals surface area contributed by atoms with Gasteiger partial charge in [0.2, 0.25) is 11.8 Å². The Labute approximate surface area is 236 Å². The van der Waals surface area contributed by atoms with E-state index in [1.54, 1.807) is 24.3 Å². The van der Waals surface area contributed by atoms with Crippen LogP contribution in [0.5, 0.6) is 5.75 Å². The molecule has 0 aliphatic carbocycles. The summed E-state index contributed by atoms with van der Waals surface area (Å²) in [5, 5.41) is 24.6. The Bertz CT molecular complexity index is 1560. The SMILES string of the molecule is CCc1ccc(N2C(=O)C3C(c4cccc(OC(F)(F)F)c4)NC(Cc4ccc([N+](=O)[O-])cc4)(C(=O)O)C3C2=O)cc1. The molecule has 2 amide bonds. The molecule has 2 aliphatic heterocycles. The monoisotopic (exact) mass is 583 g/mol. The molecule has 0 aromatic heterocycles. The number of halogens is 3. The zero-order valence-corrected chi connectivity index (χ0v) is 22.0. The first-order valence-corrected chi connectivity index (χ1v) is 12.9. The summed E-state index contributed by atoms with van der Waals surface area (Å²) < 4.78 is 42.9. The summed E-state index contributed by atoms with van der Waals surface area (Å²) in [7, 11) is 0. The van der Waals surface area contributed by atoms with Crippen LogP contribution in [0.3, 0.4) is 0 Å². The zero-order valence-electron chi connectivity index (χ0n) is 22.0. The number of carbonyl (C=O) groups excluding carboxylic acids is 2. The number of carbonyl (C=O) groups is 3. The fourth-order valence-corrected chi connectivity index (χ4v) is 5.82. The van der Waals surface area contributed by atoms with E-state index >= 15 is 0 Å². The van der Waals surface area contributed by atoms with Crippen LogP contribution >= 0.6 is 0 Å². The van der Waals surface area contributed by atoms with E-state index < -0.39 is 58.2 Å². The number of aryl methyl sites for hydroxylation is 1. The molecule has 2 N–H and O–H groups in total. The lowest BCUT2D eigenvalue weighted by Crippen LogP contribution is -2.57. The minimum Gasteiger partial charge on any atom is -0.480 e. The van der Waals surface area contributed by atoms with Gasteiger partial charge in [-0.1, -0.05) is 43.3 Å². The molecule has 2 heterocycles. The highest BCUT2D eigenvalue weighted by atomic mass is 19.4. The van der Waals surface area contributed by atoms with Gasteiger partial charge in [0, 0.05) is 24.6 Å². The molecule has 2 saturated heterocycles. The van der Waals surface area contributed by atoms with Crippen molar-refractivity contribution in [2.45, 2.75) is 37.7 Å². The number of nitro groups is 1. The fourth-order valence-electron chi connectivity index (χ4n) is 5.82. The zero-order chi connectivity index (χ0) is 30.4. The van der Waals surface area contributed by atoms with Gasteiger partial charge in [0.25, 0.3) is 5.69 Å². The number of imide groups is 1. The van der Waals surface area contributed by atoms with Crippen molar-refractivity contribution in [2.75, 3.05) is 4.90 Å². The molecule has 3 aromatic carbocycles. The molecular weight excluding hydrogens is 559 g/mol. The van der Waals surface area contributed by atoms with Gasteiger partial charge in [0.15, 0.2) is 0 Å². The van der Waals surface area contributed by atoms with Crippen molar-refractivity contribution in [3.63, 3.8) is 0 Å². The first kappa shape index (κ1) is 28.7. The number of nitrogens with zero attached hydrogens (tertiary/aromatic N) is 2. The third kappa shape index (κ3) is 5.07. The van der Waals surface area contributed by atoms with Crippen molar-refractivity contribution in [3.8, 4) is 5.75 Å². The van der Waals surface area contributed by atoms with Gasteiger partial charge in [-0.3, -0.25) is 29.8 Å². The molecule has 4 atom stereocenters. The summed E-state index contributed by atoms with van der Waals surface area (Å²) in [6, 6.07) is 15.3. The van der Waals surface area contributed by atoms with Gasteiger partial charge in [-0.2, -0.15) is 0 Å². The first-order chi connectivity index (χ1) is 19.8. The van der Waals surface area contributed by atoms with Crippen molar-refractivity contribution in [2.24, 2.45) is 11.8 Å². The van der Waals surface area contributed by atoms with Crippen molar-refractivity contribution in [1.29, 1.82) is 0 Å². The van der Waals surface area contributed by atoms with E-state index in [9.17, 15) is 42.8 Å². The summed E-state index contributed by atoms with van der Waals surface area (Å²) in [6.45, 7) is 1.93. The first-order valence-electron chi connectivity index (χ1n) is 12.9. The molecule has 2 aliphatic rings. The number of carboxylic acids is 1. The number of anilines is 1. The van der Waals surface area contributed by atoms with Gasteiger partial charge in [0.05, 0.1) is 22.4 Å². The van der Waals surface area contributed by atoms with E-state index in [0.717, 1.165) is 22.6 Å². The number of rotatable bonds is 8. The molecule has 3 aromatic rings. The number of nitro benzene ring substituents is 1. The number of amides is 2. The Morgan fingerprint density at radius 3 is 2.26 bits per heavy atom. The maximum absolute atomic E-state index is 14.0. The molecule has 4 unspecified atom stereocenters. The Morgan fingerprint density at radius 1 is 1.05 bits per heavy atom. The van der Waals surface area contributed by atoms with Crippen LogP contribution in [0.25, 0.3) is 0 Å². The number of non-ortho nitro benzene ring substituents is 1. The van der Waals surface area contributed by atoms with Crippen molar-refractivity contribution >= 4 is 29.2 Å². The smallest absolute Gasteiger partial charge is 0.480 e. The molecule has 10 nitrogen and oxygen atoms in total. The van der Waals surface area contributed by atoms with Crippen LogP contribution in [0.4, 0.5) is 24.5 Å². The maximum Gasteiger partial charge on any atom is 0.573 e. The summed E-state index contributed by atoms with van der Waals surface area (Å²) in [5.74, 6) is -6.29. The highest BCUT2D eigenvalue weighted by Gasteiger charge is 2.68. The number of nitrogens with one attached hydrogen (secondary N) is 1. The molecule has 13 heteroatoms. The highest BCUT2D eigenvalue weighted by molar-refractivity contribution is 6.24. The average Bonchev–Trinajstić information content (AvgIpc) is 3.42. The van der Waals surface area contributed by atoms with Gasteiger partial charge in [0.1, 0.15) is 11.3 Å². The topological polar surface area (TPSA) is 139 Å². The fraction of sp³-hybridized carbons (Fsp3) is 0.276. The van der Waals surface area contributed by atoms with Crippen molar-refractivity contribution in [1.82, 2.24) is 5.32 Å². The number of fused-ring (bicyclic) bond motifs is 1. The summed E-state index contributed by atoms with van der Waals surface area (Å²) in [6.07, 6.45) is -4.64. The standard InChI is InChI=1S/C29H24F3N3O7/c1-2-16-6-10-19(11-7-16)34-25(36)22-23(26(34)37)28(27(38)39,15-17-8-12-20(13-9-17)35(40)41)33-24(22)18-4-3-5-21(14-18)42-29(30,31)32/h3-14,22-24,33H,2,15H2,1H3,(H,38,39). The van der Waals surface area contributed by atoms with Crippen molar-refractivity contribution < 1.29 is 42.3 Å². The van der Waals surface area contributed by atoms with Crippen LogP contribution in [-0.2, 0) is 27.2 Å². The van der Waals surface area contributed by atoms with Crippen LogP contribution in [0.2, 0.25) is 0 Å². The second kappa shape index (κ2) is 10.6. The lowest BCUT2D eigenvalue weighted by atomic mass is 9.76. The molecule has 0 spiro atoms. The van der Waals surface area contributed by atoms with E-state index in [2.05, 4.69) is 10.1 Å². The predicted octanol–water partition coefficient (Wildman–Crippen LogP) is 4.57. The van der Waals surface area contributed by atoms with Gasteiger partial charge in [-0.15, -0.1) is 13.2 Å². The highest BCUT2D eigenvalue weighted by Crippen LogP contribution is 2.51. The number of ether oxygens (including phenoxy) is 1. The largest absolute Gasteiger partial charge is 0.573 e. The van der Waals surface area contributed by atoms with E-state index in [1.165, 1.54) is 36.4 Å². The van der Waals surface area contributed by atoms with E-state index in [4.69, 9.17) is 0 Å². The number of alkyl halides is 3. The normalized spacial score (nSPS) is 23.6. The van der Waals surface area contributed by atoms with E-state index in [-0.39, 0.29) is 23.4 Å². The predicted molar refractivity (Wildman–Crippen MR) is 141 cm³/mol. The van der Waals surface area contributed by atoms with Crippen molar-refractivity contribution in [3.05, 3.63) is 99.6 Å². The average molecular weight is 584 g/mol. The Hall–Kier alpha value is -4.78. The van der Waals surface area contributed by atoms with Gasteiger partial charge in [-0.05, 0) is 47.4 Å². The molecule has 2 fully saturated rings. The van der Waals surface area contributed by atoms with Gasteiger partial charge >= 0.3 is 12.3 Å². The van der Waals surface area contributed by atoms with Crippen LogP contribution in [0, 0.1) is 22.0 Å². The van der Waals surface area contributed by atoms with Gasteiger partial charge in [-0.25, -0.2) is 4.90 Å². The quantitative estimate of drug-likeness (QED) is 0.223.